The lowest BCUT2D eigenvalue weighted by atomic mass is 10.2. The summed E-state index contributed by atoms with van der Waals surface area (Å²) in [6.07, 6.45) is 3.18. The third-order valence-corrected chi connectivity index (χ3v) is 3.71. The highest BCUT2D eigenvalue weighted by atomic mass is 16.5. The second kappa shape index (κ2) is 8.02. The fourth-order valence-corrected chi connectivity index (χ4v) is 2.38. The topological polar surface area (TPSA) is 72.5 Å². The summed E-state index contributed by atoms with van der Waals surface area (Å²) in [6, 6.07) is 16.4. The third kappa shape index (κ3) is 4.30. The molecule has 0 aliphatic carbocycles. The van der Waals surface area contributed by atoms with Gasteiger partial charge in [-0.05, 0) is 42.5 Å². The molecule has 6 nitrogen and oxygen atoms in total. The van der Waals surface area contributed by atoms with Crippen LogP contribution in [-0.2, 0) is 0 Å². The summed E-state index contributed by atoms with van der Waals surface area (Å²) < 4.78 is 10.3. The van der Waals surface area contributed by atoms with Crippen molar-refractivity contribution in [3.8, 4) is 11.5 Å². The molecule has 26 heavy (non-hydrogen) atoms. The second-order valence-electron chi connectivity index (χ2n) is 5.50. The lowest BCUT2D eigenvalue weighted by Gasteiger charge is -2.10. The minimum atomic E-state index is -0.246. The van der Waals surface area contributed by atoms with E-state index in [1.54, 1.807) is 38.6 Å². The van der Waals surface area contributed by atoms with Gasteiger partial charge in [-0.1, -0.05) is 6.07 Å². The number of ether oxygens (including phenoxy) is 2. The molecule has 1 amide bonds. The largest absolute Gasteiger partial charge is 0.497 e. The van der Waals surface area contributed by atoms with Crippen molar-refractivity contribution in [2.24, 2.45) is 0 Å². The Labute approximate surface area is 151 Å². The molecular formula is C20H19N3O3. The molecule has 1 heterocycles. The molecule has 132 valence electrons. The SMILES string of the molecule is COc1ccc(Nc2cncc(C(=O)Nc3cccc(OC)c3)c2)cc1. The number of hydrogen-bond acceptors (Lipinski definition) is 5. The Hall–Kier alpha value is -3.54. The van der Waals surface area contributed by atoms with Gasteiger partial charge in [0.15, 0.2) is 0 Å². The van der Waals surface area contributed by atoms with Crippen molar-refractivity contribution in [1.82, 2.24) is 4.98 Å². The lowest BCUT2D eigenvalue weighted by Crippen LogP contribution is -2.12. The van der Waals surface area contributed by atoms with Crippen LogP contribution in [0.3, 0.4) is 0 Å². The lowest BCUT2D eigenvalue weighted by molar-refractivity contribution is 0.102. The van der Waals surface area contributed by atoms with E-state index in [0.717, 1.165) is 11.4 Å². The van der Waals surface area contributed by atoms with E-state index in [9.17, 15) is 4.79 Å². The van der Waals surface area contributed by atoms with E-state index >= 15 is 0 Å². The molecule has 3 rings (SSSR count). The van der Waals surface area contributed by atoms with E-state index in [2.05, 4.69) is 15.6 Å². The molecular weight excluding hydrogens is 330 g/mol. The number of nitrogens with zero attached hydrogens (tertiary/aromatic N) is 1. The Morgan fingerprint density at radius 3 is 2.35 bits per heavy atom. The summed E-state index contributed by atoms with van der Waals surface area (Å²) in [7, 11) is 3.20. The Bertz CT molecular complexity index is 895. The second-order valence-corrected chi connectivity index (χ2v) is 5.50. The minimum absolute atomic E-state index is 0.246. The number of nitrogens with one attached hydrogen (secondary N) is 2. The van der Waals surface area contributed by atoms with Crippen molar-refractivity contribution >= 4 is 23.0 Å². The van der Waals surface area contributed by atoms with Crippen molar-refractivity contribution < 1.29 is 14.3 Å². The molecule has 6 heteroatoms. The van der Waals surface area contributed by atoms with Crippen molar-refractivity contribution in [2.45, 2.75) is 0 Å². The summed E-state index contributed by atoms with van der Waals surface area (Å²) in [5, 5.41) is 6.05. The van der Waals surface area contributed by atoms with Crippen LogP contribution in [0.2, 0.25) is 0 Å². The molecule has 2 aromatic carbocycles. The van der Waals surface area contributed by atoms with Crippen molar-refractivity contribution in [3.05, 3.63) is 72.6 Å². The summed E-state index contributed by atoms with van der Waals surface area (Å²) in [5.74, 6) is 1.21. The van der Waals surface area contributed by atoms with Crippen LogP contribution in [0.5, 0.6) is 11.5 Å². The van der Waals surface area contributed by atoms with Crippen LogP contribution in [0.1, 0.15) is 10.4 Å². The molecule has 0 saturated heterocycles. The minimum Gasteiger partial charge on any atom is -0.497 e. The van der Waals surface area contributed by atoms with Gasteiger partial charge >= 0.3 is 0 Å². The molecule has 0 saturated carbocycles. The van der Waals surface area contributed by atoms with E-state index in [-0.39, 0.29) is 5.91 Å². The molecule has 0 bridgehead atoms. The van der Waals surface area contributed by atoms with Gasteiger partial charge in [-0.15, -0.1) is 0 Å². The maximum atomic E-state index is 12.5. The number of anilines is 3. The van der Waals surface area contributed by atoms with E-state index in [1.165, 1.54) is 6.20 Å². The van der Waals surface area contributed by atoms with Crippen LogP contribution < -0.4 is 20.1 Å². The van der Waals surface area contributed by atoms with Gasteiger partial charge in [0.2, 0.25) is 0 Å². The zero-order chi connectivity index (χ0) is 18.4. The van der Waals surface area contributed by atoms with Gasteiger partial charge in [0.1, 0.15) is 11.5 Å². The fourth-order valence-electron chi connectivity index (χ4n) is 2.38. The van der Waals surface area contributed by atoms with Gasteiger partial charge in [0.05, 0.1) is 31.7 Å². The Kier molecular flexibility index (Phi) is 5.34. The number of amides is 1. The van der Waals surface area contributed by atoms with Gasteiger partial charge < -0.3 is 20.1 Å². The van der Waals surface area contributed by atoms with Crippen LogP contribution >= 0.6 is 0 Å². The predicted molar refractivity (Wildman–Crippen MR) is 101 cm³/mol. The number of benzene rings is 2. The first kappa shape index (κ1) is 17.3. The first-order valence-corrected chi connectivity index (χ1v) is 7.99. The summed E-state index contributed by atoms with van der Waals surface area (Å²) >= 11 is 0. The molecule has 2 N–H and O–H groups in total. The molecule has 0 spiro atoms. The Morgan fingerprint density at radius 2 is 1.62 bits per heavy atom. The van der Waals surface area contributed by atoms with Gasteiger partial charge in [0, 0.05) is 23.6 Å². The van der Waals surface area contributed by atoms with Crippen molar-refractivity contribution in [1.29, 1.82) is 0 Å². The van der Waals surface area contributed by atoms with Crippen LogP contribution in [0.25, 0.3) is 0 Å². The summed E-state index contributed by atoms with van der Waals surface area (Å²) in [4.78, 5) is 16.6. The number of carbonyl (C=O) groups excluding carboxylic acids is 1. The van der Waals surface area contributed by atoms with Crippen LogP contribution in [0.4, 0.5) is 17.1 Å². The Morgan fingerprint density at radius 1 is 0.846 bits per heavy atom. The fraction of sp³-hybridized carbons (Fsp3) is 0.100. The van der Waals surface area contributed by atoms with E-state index in [4.69, 9.17) is 9.47 Å². The normalized spacial score (nSPS) is 10.1. The van der Waals surface area contributed by atoms with E-state index < -0.39 is 0 Å². The molecule has 0 unspecified atom stereocenters. The van der Waals surface area contributed by atoms with Crippen molar-refractivity contribution in [3.63, 3.8) is 0 Å². The molecule has 0 aliphatic rings. The van der Waals surface area contributed by atoms with Crippen LogP contribution in [0, 0.1) is 0 Å². The number of hydrogen-bond donors (Lipinski definition) is 2. The molecule has 0 atom stereocenters. The monoisotopic (exact) mass is 349 g/mol. The standard InChI is InChI=1S/C20H19N3O3/c1-25-18-8-6-15(7-9-18)22-17-10-14(12-21-13-17)20(24)23-16-4-3-5-19(11-16)26-2/h3-13,22H,1-2H3,(H,23,24). The number of pyridine rings is 1. The zero-order valence-electron chi connectivity index (χ0n) is 14.5. The summed E-state index contributed by atoms with van der Waals surface area (Å²) in [5.41, 5.74) is 2.70. The van der Waals surface area contributed by atoms with E-state index in [1.807, 2.05) is 36.4 Å². The van der Waals surface area contributed by atoms with Crippen LogP contribution in [0.15, 0.2) is 67.0 Å². The highest BCUT2D eigenvalue weighted by Crippen LogP contribution is 2.21. The van der Waals surface area contributed by atoms with Crippen molar-refractivity contribution in [2.75, 3.05) is 24.9 Å². The molecule has 0 fully saturated rings. The molecule has 3 aromatic rings. The van der Waals surface area contributed by atoms with Gasteiger partial charge in [-0.2, -0.15) is 0 Å². The number of aromatic nitrogens is 1. The number of carbonyl (C=O) groups is 1. The average Bonchev–Trinajstić information content (AvgIpc) is 2.69. The molecule has 1 aromatic heterocycles. The first-order chi connectivity index (χ1) is 12.7. The van der Waals surface area contributed by atoms with E-state index in [0.29, 0.717) is 22.7 Å². The highest BCUT2D eigenvalue weighted by molar-refractivity contribution is 6.04. The molecule has 0 radical (unpaired) electrons. The smallest absolute Gasteiger partial charge is 0.257 e. The quantitative estimate of drug-likeness (QED) is 0.701. The average molecular weight is 349 g/mol. The van der Waals surface area contributed by atoms with Gasteiger partial charge in [-0.25, -0.2) is 0 Å². The third-order valence-electron chi connectivity index (χ3n) is 3.71. The maximum absolute atomic E-state index is 12.5. The zero-order valence-corrected chi connectivity index (χ0v) is 14.5. The maximum Gasteiger partial charge on any atom is 0.257 e. The molecule has 0 aliphatic heterocycles. The number of methoxy groups -OCH3 is 2. The Balaban J connectivity index is 1.72. The highest BCUT2D eigenvalue weighted by Gasteiger charge is 2.08. The van der Waals surface area contributed by atoms with Gasteiger partial charge in [-0.3, -0.25) is 9.78 Å². The van der Waals surface area contributed by atoms with Gasteiger partial charge in [0.25, 0.3) is 5.91 Å². The number of rotatable bonds is 6. The predicted octanol–water partition coefficient (Wildman–Crippen LogP) is 4.09. The van der Waals surface area contributed by atoms with Crippen LogP contribution in [-0.4, -0.2) is 25.1 Å². The first-order valence-electron chi connectivity index (χ1n) is 7.99. The summed E-state index contributed by atoms with van der Waals surface area (Å²) in [6.45, 7) is 0.